The fourth-order valence-corrected chi connectivity index (χ4v) is 4.23. The molecule has 0 aromatic rings. The Morgan fingerprint density at radius 3 is 1.31 bits per heavy atom. The Morgan fingerprint density at radius 1 is 0.621 bits per heavy atom. The molecule has 0 aliphatic rings. The maximum atomic E-state index is 12.1. The van der Waals surface area contributed by atoms with Crippen LogP contribution in [0.25, 0.3) is 0 Å². The van der Waals surface area contributed by atoms with Gasteiger partial charge in [0, 0.05) is 0 Å². The Hall–Kier alpha value is -0.570. The topological polar surface area (TPSA) is 61.3 Å². The lowest BCUT2D eigenvalue weighted by atomic mass is 9.77. The van der Waals surface area contributed by atoms with Crippen LogP contribution in [0.4, 0.5) is 0 Å². The van der Waals surface area contributed by atoms with Gasteiger partial charge in [-0.25, -0.2) is 0 Å². The van der Waals surface area contributed by atoms with E-state index in [1.54, 1.807) is 0 Å². The third kappa shape index (κ3) is 20.5. The highest BCUT2D eigenvalue weighted by atomic mass is 16.5. The summed E-state index contributed by atoms with van der Waals surface area (Å²) in [6.07, 6.45) is 24.6. The Bertz CT molecular complexity index is 324. The van der Waals surface area contributed by atoms with Crippen molar-refractivity contribution in [1.29, 1.82) is 0 Å². The number of hydrogen-bond acceptors (Lipinski definition) is 3. The summed E-state index contributed by atoms with van der Waals surface area (Å²) in [5, 5.41) is 0. The summed E-state index contributed by atoms with van der Waals surface area (Å²) in [6.45, 7) is 9.29. The first-order valence-corrected chi connectivity index (χ1v) is 12.7. The maximum Gasteiger partial charge on any atom is 0.306 e. The lowest BCUT2D eigenvalue weighted by molar-refractivity contribution is -0.146. The van der Waals surface area contributed by atoms with Crippen molar-refractivity contribution in [2.24, 2.45) is 5.41 Å². The molecule has 3 heteroatoms. The Balaban J connectivity index is 0. The van der Waals surface area contributed by atoms with Gasteiger partial charge < -0.3 is 10.9 Å². The monoisotopic (exact) mass is 413 g/mol. The molecule has 3 nitrogen and oxygen atoms in total. The minimum absolute atomic E-state index is 0. The minimum Gasteiger partial charge on any atom is -0.466 e. The van der Waals surface area contributed by atoms with E-state index in [0.29, 0.717) is 13.0 Å². The van der Waals surface area contributed by atoms with Crippen molar-refractivity contribution >= 4 is 5.97 Å². The molecule has 0 saturated heterocycles. The van der Waals surface area contributed by atoms with Gasteiger partial charge in [0.25, 0.3) is 0 Å². The van der Waals surface area contributed by atoms with Crippen LogP contribution in [0.5, 0.6) is 0 Å². The van der Waals surface area contributed by atoms with Gasteiger partial charge in [-0.2, -0.15) is 0 Å². The van der Waals surface area contributed by atoms with Crippen LogP contribution >= 0.6 is 0 Å². The van der Waals surface area contributed by atoms with Crippen LogP contribution in [0, 0.1) is 5.41 Å². The normalized spacial score (nSPS) is 11.3. The van der Waals surface area contributed by atoms with Gasteiger partial charge in [0.15, 0.2) is 0 Å². The Labute approximate surface area is 183 Å². The first-order chi connectivity index (χ1) is 13.6. The van der Waals surface area contributed by atoms with Crippen LogP contribution in [0.2, 0.25) is 0 Å². The number of unbranched alkanes of at least 4 members (excludes halogenated alkanes) is 14. The van der Waals surface area contributed by atoms with Crippen LogP contribution in [0.15, 0.2) is 0 Å². The van der Waals surface area contributed by atoms with Gasteiger partial charge in [0.05, 0.1) is 13.0 Å². The molecule has 0 atom stereocenters. The van der Waals surface area contributed by atoms with E-state index in [9.17, 15) is 4.79 Å². The number of carbonyl (C=O) groups excluding carboxylic acids is 1. The predicted molar refractivity (Wildman–Crippen MR) is 129 cm³/mol. The van der Waals surface area contributed by atoms with Crippen molar-refractivity contribution in [3.8, 4) is 0 Å². The van der Waals surface area contributed by atoms with Crippen molar-refractivity contribution in [3.05, 3.63) is 0 Å². The fraction of sp³-hybridized carbons (Fsp3) is 0.962. The number of carbonyl (C=O) groups is 1. The zero-order valence-electron chi connectivity index (χ0n) is 20.7. The quantitative estimate of drug-likeness (QED) is 0.151. The molecule has 0 fully saturated rings. The number of hydrogen-bond donors (Lipinski definition) is 1. The van der Waals surface area contributed by atoms with Crippen LogP contribution in [-0.2, 0) is 9.53 Å². The summed E-state index contributed by atoms with van der Waals surface area (Å²) in [5.41, 5.74) is 0.136. The second-order valence-electron chi connectivity index (χ2n) is 9.24. The molecular weight excluding hydrogens is 358 g/mol. The van der Waals surface area contributed by atoms with E-state index in [4.69, 9.17) is 4.74 Å². The van der Waals surface area contributed by atoms with Crippen molar-refractivity contribution in [2.75, 3.05) is 6.61 Å². The zero-order valence-corrected chi connectivity index (χ0v) is 20.7. The highest BCUT2D eigenvalue weighted by Crippen LogP contribution is 2.35. The molecule has 3 N–H and O–H groups in total. The van der Waals surface area contributed by atoms with Gasteiger partial charge >= 0.3 is 5.97 Å². The molecule has 0 amide bonds. The molecule has 0 rings (SSSR count). The molecule has 176 valence electrons. The lowest BCUT2D eigenvalue weighted by Gasteiger charge is -2.29. The molecule has 0 heterocycles. The predicted octanol–water partition coefficient (Wildman–Crippen LogP) is 9.17. The standard InChI is InChI=1S/C26H52O2.H3N/c1-5-8-10-12-14-16-18-20-22-26(4,24-25(27)28-7-3)23-21-19-17-15-13-11-9-6-2;/h5-24H2,1-4H3;1H3. The zero-order chi connectivity index (χ0) is 20.9. The largest absolute Gasteiger partial charge is 0.466 e. The SMILES string of the molecule is CCCCCCCCCCC(C)(CCCCCCCCCC)CC(=O)OCC.N. The third-order valence-corrected chi connectivity index (χ3v) is 6.14. The first kappa shape index (κ1) is 30.6. The van der Waals surface area contributed by atoms with Crippen LogP contribution in [0.3, 0.4) is 0 Å². The minimum atomic E-state index is 0. The van der Waals surface area contributed by atoms with Crippen molar-refractivity contribution < 1.29 is 9.53 Å². The maximum absolute atomic E-state index is 12.1. The average Bonchev–Trinajstić information content (AvgIpc) is 2.66. The molecule has 0 bridgehead atoms. The molecule has 0 aromatic carbocycles. The third-order valence-electron chi connectivity index (χ3n) is 6.14. The van der Waals surface area contributed by atoms with E-state index in [-0.39, 0.29) is 17.5 Å². The number of ether oxygens (including phenoxy) is 1. The molecule has 0 unspecified atom stereocenters. The molecule has 0 saturated carbocycles. The Kier molecular flexibility index (Phi) is 23.4. The number of rotatable bonds is 21. The summed E-state index contributed by atoms with van der Waals surface area (Å²) in [4.78, 5) is 12.1. The van der Waals surface area contributed by atoms with Gasteiger partial charge in [-0.1, -0.05) is 124 Å². The van der Waals surface area contributed by atoms with E-state index < -0.39 is 0 Å². The number of esters is 1. The second kappa shape index (κ2) is 22.1. The summed E-state index contributed by atoms with van der Waals surface area (Å²) >= 11 is 0. The highest BCUT2D eigenvalue weighted by molar-refractivity contribution is 5.70. The molecule has 0 spiro atoms. The molecule has 0 aliphatic heterocycles. The van der Waals surface area contributed by atoms with E-state index in [2.05, 4.69) is 20.8 Å². The van der Waals surface area contributed by atoms with Gasteiger partial charge in [0.2, 0.25) is 0 Å². The van der Waals surface area contributed by atoms with E-state index in [0.717, 1.165) is 0 Å². The average molecular weight is 414 g/mol. The van der Waals surface area contributed by atoms with Crippen LogP contribution in [-0.4, -0.2) is 12.6 Å². The van der Waals surface area contributed by atoms with Gasteiger partial charge in [-0.3, -0.25) is 4.79 Å². The lowest BCUT2D eigenvalue weighted by Crippen LogP contribution is -2.22. The van der Waals surface area contributed by atoms with Crippen LogP contribution in [0.1, 0.15) is 150 Å². The second-order valence-corrected chi connectivity index (χ2v) is 9.24. The summed E-state index contributed by atoms with van der Waals surface area (Å²) in [7, 11) is 0. The van der Waals surface area contributed by atoms with Gasteiger partial charge in [-0.05, 0) is 25.2 Å². The molecule has 29 heavy (non-hydrogen) atoms. The van der Waals surface area contributed by atoms with Crippen molar-refractivity contribution in [2.45, 2.75) is 150 Å². The molecular formula is C26H55NO2. The van der Waals surface area contributed by atoms with E-state index in [1.165, 1.54) is 116 Å². The first-order valence-electron chi connectivity index (χ1n) is 12.7. The van der Waals surface area contributed by atoms with Crippen molar-refractivity contribution in [3.63, 3.8) is 0 Å². The van der Waals surface area contributed by atoms with Gasteiger partial charge in [0.1, 0.15) is 0 Å². The summed E-state index contributed by atoms with van der Waals surface area (Å²) < 4.78 is 5.26. The fourth-order valence-electron chi connectivity index (χ4n) is 4.23. The molecule has 0 aliphatic carbocycles. The van der Waals surface area contributed by atoms with E-state index >= 15 is 0 Å². The van der Waals surface area contributed by atoms with Crippen molar-refractivity contribution in [1.82, 2.24) is 6.15 Å². The van der Waals surface area contributed by atoms with Crippen LogP contribution < -0.4 is 6.15 Å². The van der Waals surface area contributed by atoms with Gasteiger partial charge in [-0.15, -0.1) is 0 Å². The van der Waals surface area contributed by atoms with E-state index in [1.807, 2.05) is 6.92 Å². The smallest absolute Gasteiger partial charge is 0.306 e. The summed E-state index contributed by atoms with van der Waals surface area (Å²) in [5.74, 6) is 0.00383. The highest BCUT2D eigenvalue weighted by Gasteiger charge is 2.27. The summed E-state index contributed by atoms with van der Waals surface area (Å²) in [6, 6.07) is 0. The molecule has 0 radical (unpaired) electrons. The molecule has 0 aromatic heterocycles. The Morgan fingerprint density at radius 2 is 0.966 bits per heavy atom.